The van der Waals surface area contributed by atoms with Crippen molar-refractivity contribution in [1.82, 2.24) is 0 Å². The molecule has 56 heavy (non-hydrogen) atoms. The summed E-state index contributed by atoms with van der Waals surface area (Å²) in [4.78, 5) is 16.5. The smallest absolute Gasteiger partial charge is 0.393 e. The minimum Gasteiger partial charge on any atom is -0.393 e. The second-order valence-electron chi connectivity index (χ2n) is 14.0. The van der Waals surface area contributed by atoms with Crippen LogP contribution < -0.4 is 11.5 Å². The zero-order chi connectivity index (χ0) is 42.7. The largest absolute Gasteiger partial charge is 0.397 e. The first-order valence-corrected chi connectivity index (χ1v) is 20.2. The summed E-state index contributed by atoms with van der Waals surface area (Å²) in [6.07, 6.45) is 5.59. The number of hydrogen-bond acceptors (Lipinski definition) is 14. The summed E-state index contributed by atoms with van der Waals surface area (Å²) in [6.45, 7) is 3.56. The number of guanidine groups is 1. The molecule has 0 spiro atoms. The van der Waals surface area contributed by atoms with Gasteiger partial charge in [-0.05, 0) is 58.3 Å². The van der Waals surface area contributed by atoms with Crippen LogP contribution in [0.25, 0.3) is 0 Å². The molecule has 0 heterocycles. The van der Waals surface area contributed by atoms with Gasteiger partial charge in [-0.15, -0.1) is 0 Å². The van der Waals surface area contributed by atoms with Crippen LogP contribution in [-0.2, 0) is 19.4 Å². The highest BCUT2D eigenvalue weighted by Gasteiger charge is 2.29. The molecule has 14 N–H and O–H groups in total. The van der Waals surface area contributed by atoms with E-state index in [1.807, 2.05) is 0 Å². The predicted molar refractivity (Wildman–Crippen MR) is 212 cm³/mol. The van der Waals surface area contributed by atoms with Gasteiger partial charge in [-0.2, -0.15) is 8.42 Å². The Labute approximate surface area is 331 Å². The Morgan fingerprint density at radius 3 is 1.61 bits per heavy atom. The molecule has 0 aliphatic heterocycles. The fourth-order valence-electron chi connectivity index (χ4n) is 5.51. The first kappa shape index (κ1) is 53.1. The van der Waals surface area contributed by atoms with Crippen LogP contribution in [0.3, 0.4) is 0 Å². The number of nitrogens with two attached hydrogens (primary N) is 2. The minimum absolute atomic E-state index is 0.00111. The number of Topliss-reactive ketones (excluding diaryl/α,β-unsaturated/α-hetero) is 1. The topological polar surface area (TPSA) is 327 Å². The zero-order valence-electron chi connectivity index (χ0n) is 32.4. The van der Waals surface area contributed by atoms with Gasteiger partial charge in [0.2, 0.25) is 0 Å². The van der Waals surface area contributed by atoms with Crippen molar-refractivity contribution in [3.8, 4) is 0 Å². The van der Waals surface area contributed by atoms with Crippen LogP contribution >= 0.6 is 0 Å². The van der Waals surface area contributed by atoms with Crippen molar-refractivity contribution in [3.63, 3.8) is 0 Å². The van der Waals surface area contributed by atoms with Crippen molar-refractivity contribution in [2.75, 3.05) is 6.54 Å². The Kier molecular flexibility index (Phi) is 28.7. The predicted octanol–water partition coefficient (Wildman–Crippen LogP) is 0.383. The molecule has 0 fully saturated rings. The summed E-state index contributed by atoms with van der Waals surface area (Å²) in [7, 11) is -4.84. The second kappa shape index (κ2) is 30.3. The number of aliphatic imine (C=N–C) groups is 1. The molecule has 17 nitrogen and oxygen atoms in total. The SMILES string of the molecule is CC=CC=CCC(OS(=O)(=O)O)C(C)C(=O)CC(O)CC(O)C=CCC(O)CC(O)CC(O)C=CCC(O)CC(O)C=CCC(O)CC(O)CCCN=C(N)N. The summed E-state index contributed by atoms with van der Waals surface area (Å²) in [5, 5.41) is 91.9. The van der Waals surface area contributed by atoms with Gasteiger partial charge < -0.3 is 57.4 Å². The lowest BCUT2D eigenvalue weighted by molar-refractivity contribution is -0.127. The zero-order valence-corrected chi connectivity index (χ0v) is 33.2. The van der Waals surface area contributed by atoms with Crippen molar-refractivity contribution in [3.05, 3.63) is 60.8 Å². The van der Waals surface area contributed by atoms with E-state index in [-0.39, 0.29) is 63.7 Å². The number of rotatable bonds is 32. The van der Waals surface area contributed by atoms with Gasteiger partial charge >= 0.3 is 10.4 Å². The van der Waals surface area contributed by atoms with Gasteiger partial charge in [0.1, 0.15) is 5.78 Å². The molecular formula is C38H67N3O14S. The normalized spacial score (nSPS) is 18.9. The molecule has 0 rings (SSSR count). The van der Waals surface area contributed by atoms with E-state index in [1.165, 1.54) is 37.3 Å². The Bertz CT molecular complexity index is 1350. The van der Waals surface area contributed by atoms with E-state index >= 15 is 0 Å². The lowest BCUT2D eigenvalue weighted by atomic mass is 9.92. The fourth-order valence-corrected chi connectivity index (χ4v) is 6.07. The van der Waals surface area contributed by atoms with E-state index in [0.29, 0.717) is 19.4 Å². The van der Waals surface area contributed by atoms with Crippen molar-refractivity contribution in [2.45, 2.75) is 152 Å². The number of carbonyl (C=O) groups excluding carboxylic acids is 1. The van der Waals surface area contributed by atoms with Crippen LogP contribution in [0, 0.1) is 5.92 Å². The first-order chi connectivity index (χ1) is 26.2. The molecule has 0 aromatic carbocycles. The highest BCUT2D eigenvalue weighted by atomic mass is 32.3. The van der Waals surface area contributed by atoms with Gasteiger partial charge in [0.15, 0.2) is 5.96 Å². The Morgan fingerprint density at radius 2 is 1.12 bits per heavy atom. The summed E-state index contributed by atoms with van der Waals surface area (Å²) in [6, 6.07) is 0. The number of aliphatic hydroxyl groups excluding tert-OH is 9. The van der Waals surface area contributed by atoms with Crippen LogP contribution in [0.5, 0.6) is 0 Å². The molecule has 0 amide bonds. The van der Waals surface area contributed by atoms with E-state index < -0.39 is 89.6 Å². The summed E-state index contributed by atoms with van der Waals surface area (Å²) in [5.41, 5.74) is 10.5. The number of allylic oxidation sites excluding steroid dienone is 3. The summed E-state index contributed by atoms with van der Waals surface area (Å²) in [5.74, 6) is -1.58. The van der Waals surface area contributed by atoms with Crippen molar-refractivity contribution in [2.24, 2.45) is 22.4 Å². The molecule has 324 valence electrons. The Hall–Kier alpha value is -2.85. The third kappa shape index (κ3) is 30.3. The molecule has 11 atom stereocenters. The average molecular weight is 822 g/mol. The lowest BCUT2D eigenvalue weighted by Crippen LogP contribution is -2.32. The summed E-state index contributed by atoms with van der Waals surface area (Å²) >= 11 is 0. The maximum absolute atomic E-state index is 12.7. The minimum atomic E-state index is -4.84. The first-order valence-electron chi connectivity index (χ1n) is 18.9. The Balaban J connectivity index is 4.52. The van der Waals surface area contributed by atoms with E-state index in [9.17, 15) is 59.2 Å². The van der Waals surface area contributed by atoms with Gasteiger partial charge in [-0.3, -0.25) is 14.3 Å². The van der Waals surface area contributed by atoms with Crippen LogP contribution in [0.4, 0.5) is 0 Å². The van der Waals surface area contributed by atoms with Gasteiger partial charge in [-0.1, -0.05) is 67.7 Å². The highest BCUT2D eigenvalue weighted by molar-refractivity contribution is 7.80. The summed E-state index contributed by atoms with van der Waals surface area (Å²) < 4.78 is 36.3. The fraction of sp³-hybridized carbons (Fsp3) is 0.684. The molecular weight excluding hydrogens is 754 g/mol. The van der Waals surface area contributed by atoms with Gasteiger partial charge in [0.05, 0.1) is 61.0 Å². The van der Waals surface area contributed by atoms with Crippen molar-refractivity contribution < 1.29 is 67.9 Å². The maximum Gasteiger partial charge on any atom is 0.397 e. The highest BCUT2D eigenvalue weighted by Crippen LogP contribution is 2.20. The standard InChI is InChI=1S/C38H67N3O14S/c1-3-4-5-6-18-37(55-56(52,53)54)26(2)36(51)25-35(50)24-32(47)16-9-15-31(46)23-34(49)22-30(45)14-8-13-28(43)20-27(42)11-7-12-29(44)21-33(48)17-10-19-41-38(39)40/h3-9,11,14,16,26-35,37,42-50H,10,12-13,15,17-25H2,1-2H3,(H4,39,40,41)(H,52,53,54). The molecule has 18 heteroatoms. The molecule has 0 aliphatic rings. The molecule has 0 saturated heterocycles. The van der Waals surface area contributed by atoms with Crippen molar-refractivity contribution >= 4 is 22.1 Å². The van der Waals surface area contributed by atoms with Crippen LogP contribution in [0.15, 0.2) is 65.8 Å². The number of carbonyl (C=O) groups is 1. The monoisotopic (exact) mass is 821 g/mol. The van der Waals surface area contributed by atoms with Crippen LogP contribution in [0.1, 0.15) is 90.9 Å². The van der Waals surface area contributed by atoms with E-state index in [0.717, 1.165) is 0 Å². The quantitative estimate of drug-likeness (QED) is 0.0109. The van der Waals surface area contributed by atoms with E-state index in [4.69, 9.17) is 16.0 Å². The average Bonchev–Trinajstić information content (AvgIpc) is 3.06. The maximum atomic E-state index is 12.7. The molecule has 0 bridgehead atoms. The third-order valence-electron chi connectivity index (χ3n) is 8.47. The molecule has 0 aromatic rings. The number of ketones is 1. The second-order valence-corrected chi connectivity index (χ2v) is 15.0. The molecule has 0 aliphatic carbocycles. The van der Waals surface area contributed by atoms with Crippen LogP contribution in [-0.4, -0.2) is 138 Å². The third-order valence-corrected chi connectivity index (χ3v) is 8.96. The number of aliphatic hydroxyl groups is 9. The Morgan fingerprint density at radius 1 is 0.661 bits per heavy atom. The van der Waals surface area contributed by atoms with E-state index in [1.54, 1.807) is 37.3 Å². The molecule has 0 saturated carbocycles. The van der Waals surface area contributed by atoms with E-state index in [2.05, 4.69) is 9.18 Å². The van der Waals surface area contributed by atoms with Crippen LogP contribution in [0.2, 0.25) is 0 Å². The molecule has 0 radical (unpaired) electrons. The van der Waals surface area contributed by atoms with Crippen molar-refractivity contribution in [1.29, 1.82) is 0 Å². The lowest BCUT2D eigenvalue weighted by Gasteiger charge is -2.22. The number of nitrogens with zero attached hydrogens (tertiary/aromatic N) is 1. The van der Waals surface area contributed by atoms with Gasteiger partial charge in [-0.25, -0.2) is 4.18 Å². The molecule has 11 unspecified atom stereocenters. The van der Waals surface area contributed by atoms with Gasteiger partial charge in [0.25, 0.3) is 0 Å². The molecule has 0 aromatic heterocycles. The van der Waals surface area contributed by atoms with Gasteiger partial charge in [0, 0.05) is 38.1 Å². The number of hydrogen-bond donors (Lipinski definition) is 12.